The molecule has 0 spiro atoms. The normalized spacial score (nSPS) is 9.92. The number of hydrogen-bond acceptors (Lipinski definition) is 1. The summed E-state index contributed by atoms with van der Waals surface area (Å²) in [7, 11) is 0. The van der Waals surface area contributed by atoms with Crippen LogP contribution in [-0.2, 0) is 0 Å². The second-order valence-electron chi connectivity index (χ2n) is 2.45. The number of nitrogens with two attached hydrogens (primary N) is 1. The van der Waals surface area contributed by atoms with Crippen molar-refractivity contribution in [2.24, 2.45) is 5.73 Å². The van der Waals surface area contributed by atoms with E-state index in [0.717, 1.165) is 6.07 Å². The minimum Gasteiger partial charge on any atom is -0.366 e. The first-order valence-corrected chi connectivity index (χ1v) is 3.65. The van der Waals surface area contributed by atoms with Gasteiger partial charge in [0.1, 0.15) is 5.82 Å². The van der Waals surface area contributed by atoms with Crippen molar-refractivity contribution >= 4 is 17.5 Å². The second-order valence-corrected chi connectivity index (χ2v) is 2.85. The van der Waals surface area contributed by atoms with E-state index in [1.54, 1.807) is 0 Å². The maximum atomic E-state index is 12.8. The van der Waals surface area contributed by atoms with Crippen molar-refractivity contribution in [2.75, 3.05) is 0 Å². The van der Waals surface area contributed by atoms with Crippen molar-refractivity contribution in [1.82, 2.24) is 0 Å². The fraction of sp³-hybridized carbons (Fsp3) is 0.125. The summed E-state index contributed by atoms with van der Waals surface area (Å²) in [5, 5.41) is 0.0469. The molecule has 1 aromatic rings. The first-order chi connectivity index (χ1) is 5.52. The first kappa shape index (κ1) is 9.00. The number of halogens is 2. The van der Waals surface area contributed by atoms with Gasteiger partial charge in [0.05, 0.1) is 10.6 Å². The van der Waals surface area contributed by atoms with Crippen molar-refractivity contribution in [3.8, 4) is 0 Å². The molecule has 1 amide bonds. The van der Waals surface area contributed by atoms with E-state index in [2.05, 4.69) is 0 Å². The molecule has 0 unspecified atom stereocenters. The third-order valence-corrected chi connectivity index (χ3v) is 1.83. The van der Waals surface area contributed by atoms with Crippen LogP contribution in [0.1, 0.15) is 15.9 Å². The number of aryl methyl sites for hydroxylation is 1. The van der Waals surface area contributed by atoms with Gasteiger partial charge in [-0.15, -0.1) is 0 Å². The smallest absolute Gasteiger partial charge is 0.250 e. The molecule has 2 nitrogen and oxygen atoms in total. The van der Waals surface area contributed by atoms with E-state index >= 15 is 0 Å². The van der Waals surface area contributed by atoms with E-state index in [4.69, 9.17) is 17.3 Å². The average Bonchev–Trinajstić information content (AvgIpc) is 1.96. The van der Waals surface area contributed by atoms with E-state index in [9.17, 15) is 9.18 Å². The molecule has 0 heterocycles. The molecule has 0 saturated carbocycles. The predicted molar refractivity (Wildman–Crippen MR) is 44.7 cm³/mol. The Bertz CT molecular complexity index is 338. The summed E-state index contributed by atoms with van der Waals surface area (Å²) in [6.07, 6.45) is 0. The Morgan fingerprint density at radius 2 is 2.17 bits per heavy atom. The van der Waals surface area contributed by atoms with Crippen LogP contribution in [0.15, 0.2) is 12.1 Å². The molecule has 0 aliphatic rings. The van der Waals surface area contributed by atoms with Crippen LogP contribution in [0.4, 0.5) is 4.39 Å². The molecule has 1 rings (SSSR count). The number of amides is 1. The summed E-state index contributed by atoms with van der Waals surface area (Å²) >= 11 is 5.56. The highest BCUT2D eigenvalue weighted by atomic mass is 35.5. The van der Waals surface area contributed by atoms with Gasteiger partial charge in [-0.25, -0.2) is 4.39 Å². The maximum Gasteiger partial charge on any atom is 0.250 e. The Kier molecular flexibility index (Phi) is 2.33. The van der Waals surface area contributed by atoms with Crippen LogP contribution in [0.5, 0.6) is 0 Å². The lowest BCUT2D eigenvalue weighted by molar-refractivity contribution is 0.100. The molecule has 64 valence electrons. The fourth-order valence-electron chi connectivity index (χ4n) is 0.846. The number of carbonyl (C=O) groups excluding carboxylic acids is 1. The van der Waals surface area contributed by atoms with Crippen molar-refractivity contribution in [1.29, 1.82) is 0 Å². The molecule has 0 aromatic heterocycles. The molecule has 0 aliphatic carbocycles. The van der Waals surface area contributed by atoms with Gasteiger partial charge in [-0.05, 0) is 24.6 Å². The van der Waals surface area contributed by atoms with Gasteiger partial charge in [0.25, 0.3) is 0 Å². The van der Waals surface area contributed by atoms with Crippen LogP contribution >= 0.6 is 11.6 Å². The lowest BCUT2D eigenvalue weighted by atomic mass is 10.1. The summed E-state index contributed by atoms with van der Waals surface area (Å²) in [6.45, 7) is 1.54. The average molecular weight is 188 g/mol. The summed E-state index contributed by atoms with van der Waals surface area (Å²) in [5.41, 5.74) is 5.49. The first-order valence-electron chi connectivity index (χ1n) is 3.28. The molecular formula is C8H7ClFNO. The van der Waals surface area contributed by atoms with E-state index in [0.29, 0.717) is 5.56 Å². The predicted octanol–water partition coefficient (Wildman–Crippen LogP) is 1.89. The van der Waals surface area contributed by atoms with E-state index in [1.807, 2.05) is 0 Å². The van der Waals surface area contributed by atoms with Gasteiger partial charge in [0, 0.05) is 0 Å². The monoisotopic (exact) mass is 187 g/mol. The highest BCUT2D eigenvalue weighted by Crippen LogP contribution is 2.19. The minimum atomic E-state index is -0.650. The zero-order valence-electron chi connectivity index (χ0n) is 6.40. The Hall–Kier alpha value is -1.09. The molecule has 4 heteroatoms. The third kappa shape index (κ3) is 1.56. The van der Waals surface area contributed by atoms with Crippen LogP contribution < -0.4 is 5.73 Å². The fourth-order valence-corrected chi connectivity index (χ4v) is 1.09. The van der Waals surface area contributed by atoms with E-state index in [-0.39, 0.29) is 10.6 Å². The molecule has 0 fully saturated rings. The highest BCUT2D eigenvalue weighted by Gasteiger charge is 2.09. The molecule has 0 radical (unpaired) electrons. The number of hydrogen-bond donors (Lipinski definition) is 1. The van der Waals surface area contributed by atoms with E-state index in [1.165, 1.54) is 13.0 Å². The standard InChI is InChI=1S/C8H7ClFNO/c1-4-2-5(8(11)12)6(9)3-7(4)10/h2-3H,1H3,(H2,11,12). The minimum absolute atomic E-state index is 0.0469. The van der Waals surface area contributed by atoms with Gasteiger partial charge >= 0.3 is 0 Å². The van der Waals surface area contributed by atoms with Crippen LogP contribution in [-0.4, -0.2) is 5.91 Å². The Morgan fingerprint density at radius 3 is 2.67 bits per heavy atom. The lowest BCUT2D eigenvalue weighted by Crippen LogP contribution is -2.12. The molecule has 0 atom stereocenters. The number of primary amides is 1. The highest BCUT2D eigenvalue weighted by molar-refractivity contribution is 6.33. The SMILES string of the molecule is Cc1cc(C(N)=O)c(Cl)cc1F. The van der Waals surface area contributed by atoms with Crippen LogP contribution in [0.3, 0.4) is 0 Å². The van der Waals surface area contributed by atoms with Crippen molar-refractivity contribution < 1.29 is 9.18 Å². The number of rotatable bonds is 1. The van der Waals surface area contributed by atoms with Crippen LogP contribution in [0.2, 0.25) is 5.02 Å². The van der Waals surface area contributed by atoms with Gasteiger partial charge in [0.15, 0.2) is 0 Å². The number of benzene rings is 1. The zero-order valence-corrected chi connectivity index (χ0v) is 7.15. The summed E-state index contributed by atoms with van der Waals surface area (Å²) in [4.78, 5) is 10.7. The molecule has 2 N–H and O–H groups in total. The van der Waals surface area contributed by atoms with Crippen molar-refractivity contribution in [2.45, 2.75) is 6.92 Å². The van der Waals surface area contributed by atoms with Gasteiger partial charge in [-0.2, -0.15) is 0 Å². The third-order valence-electron chi connectivity index (χ3n) is 1.51. The van der Waals surface area contributed by atoms with Crippen LogP contribution in [0.25, 0.3) is 0 Å². The van der Waals surface area contributed by atoms with Gasteiger partial charge < -0.3 is 5.73 Å². The maximum absolute atomic E-state index is 12.8. The quantitative estimate of drug-likeness (QED) is 0.717. The van der Waals surface area contributed by atoms with Gasteiger partial charge in [-0.3, -0.25) is 4.79 Å². The van der Waals surface area contributed by atoms with Crippen molar-refractivity contribution in [3.05, 3.63) is 34.1 Å². The zero-order chi connectivity index (χ0) is 9.30. The Morgan fingerprint density at radius 1 is 1.58 bits per heavy atom. The topological polar surface area (TPSA) is 43.1 Å². The van der Waals surface area contributed by atoms with Crippen molar-refractivity contribution in [3.63, 3.8) is 0 Å². The molecule has 12 heavy (non-hydrogen) atoms. The van der Waals surface area contributed by atoms with E-state index < -0.39 is 11.7 Å². The van der Waals surface area contributed by atoms with Crippen LogP contribution in [0, 0.1) is 12.7 Å². The summed E-state index contributed by atoms with van der Waals surface area (Å²) in [5.74, 6) is -1.09. The number of carbonyl (C=O) groups is 1. The lowest BCUT2D eigenvalue weighted by Gasteiger charge is -2.01. The summed E-state index contributed by atoms with van der Waals surface area (Å²) < 4.78 is 12.8. The molecule has 1 aromatic carbocycles. The second kappa shape index (κ2) is 3.11. The molecule has 0 aliphatic heterocycles. The largest absolute Gasteiger partial charge is 0.366 e. The Labute approximate surface area is 74.1 Å². The summed E-state index contributed by atoms with van der Waals surface area (Å²) in [6, 6.07) is 2.41. The van der Waals surface area contributed by atoms with Gasteiger partial charge in [0.2, 0.25) is 5.91 Å². The van der Waals surface area contributed by atoms with Gasteiger partial charge in [-0.1, -0.05) is 11.6 Å². The Balaban J connectivity index is 3.33. The molecular weight excluding hydrogens is 181 g/mol. The molecule has 0 bridgehead atoms. The molecule has 0 saturated heterocycles.